The molecule has 2 aromatic rings. The van der Waals surface area contributed by atoms with Gasteiger partial charge in [0.15, 0.2) is 0 Å². The van der Waals surface area contributed by atoms with Gasteiger partial charge in [-0.1, -0.05) is 128 Å². The molecule has 0 spiro atoms. The van der Waals surface area contributed by atoms with Gasteiger partial charge < -0.3 is 0 Å². The van der Waals surface area contributed by atoms with Crippen LogP contribution in [0.1, 0.15) is 130 Å². The Morgan fingerprint density at radius 3 is 0.767 bits per heavy atom. The minimum absolute atomic E-state index is 0. The fourth-order valence-electron chi connectivity index (χ4n) is 4.35. The van der Waals surface area contributed by atoms with E-state index in [0.717, 1.165) is 11.1 Å². The summed E-state index contributed by atoms with van der Waals surface area (Å²) in [6.07, 6.45) is 40.2. The summed E-state index contributed by atoms with van der Waals surface area (Å²) in [5, 5.41) is 0. The normalized spacial score (nSPS) is 9.63. The van der Waals surface area contributed by atoms with E-state index in [2.05, 4.69) is 53.4 Å². The molecule has 0 N–H and O–H groups in total. The summed E-state index contributed by atoms with van der Waals surface area (Å²) >= 11 is 0. The van der Waals surface area contributed by atoms with E-state index >= 15 is 0 Å². The van der Waals surface area contributed by atoms with Crippen LogP contribution in [0.4, 0.5) is 0 Å². The van der Waals surface area contributed by atoms with E-state index in [9.17, 15) is 0 Å². The van der Waals surface area contributed by atoms with Crippen molar-refractivity contribution in [3.05, 3.63) is 84.6 Å². The van der Waals surface area contributed by atoms with Crippen LogP contribution in [0.15, 0.2) is 60.7 Å². The molecule has 0 saturated carbocycles. The zero-order chi connectivity index (χ0) is 31.5. The van der Waals surface area contributed by atoms with Crippen molar-refractivity contribution in [2.75, 3.05) is 37.0 Å². The summed E-state index contributed by atoms with van der Waals surface area (Å²) in [4.78, 5) is 0. The van der Waals surface area contributed by atoms with Crippen LogP contribution in [0, 0.1) is 24.7 Å². The first-order valence-electron chi connectivity index (χ1n) is 17.2. The maximum absolute atomic E-state index is 6.69. The number of rotatable bonds is 18. The van der Waals surface area contributed by atoms with Crippen molar-refractivity contribution in [3.63, 3.8) is 0 Å². The summed E-state index contributed by atoms with van der Waals surface area (Å²) in [7, 11) is 0.135. The number of benzene rings is 2. The topological polar surface area (TPSA) is 0 Å². The van der Waals surface area contributed by atoms with E-state index in [0.29, 0.717) is 0 Å². The minimum atomic E-state index is 0. The van der Waals surface area contributed by atoms with Gasteiger partial charge in [0.1, 0.15) is 0 Å². The average Bonchev–Trinajstić information content (AvgIpc) is 3.05. The Labute approximate surface area is 287 Å². The first-order chi connectivity index (χ1) is 20.6. The van der Waals surface area contributed by atoms with Crippen molar-refractivity contribution < 1.29 is 21.1 Å². The molecule has 0 atom stereocenters. The predicted molar refractivity (Wildman–Crippen MR) is 201 cm³/mol. The third-order valence-electron chi connectivity index (χ3n) is 7.14. The van der Waals surface area contributed by atoms with Gasteiger partial charge in [-0.05, 0) is 75.6 Å². The van der Waals surface area contributed by atoms with Crippen LogP contribution >= 0.6 is 15.8 Å². The first kappa shape index (κ1) is 46.5. The third-order valence-corrected chi connectivity index (χ3v) is 13.5. The van der Waals surface area contributed by atoms with E-state index in [1.54, 1.807) is 37.0 Å². The first-order valence-corrected chi connectivity index (χ1v) is 21.4. The second-order valence-corrected chi connectivity index (χ2v) is 17.1. The molecule has 0 aliphatic rings. The van der Waals surface area contributed by atoms with Gasteiger partial charge in [0.25, 0.3) is 0 Å². The fraction of sp³-hybridized carbons (Fsp3) is 0.600. The van der Waals surface area contributed by atoms with Crippen LogP contribution in [0.5, 0.6) is 0 Å². The number of hydrogen-bond donors (Lipinski definition) is 0. The molecule has 0 fully saturated rings. The Balaban J connectivity index is -0.000000503. The SMILES string of the molecule is CCCC[PH+](CCCC)CCCC.CCCC[PH+](CCCC)CCCC.[C]#Cc1ccccc1.[C]#Cc1ccccc1.[Pt]. The number of hydrogen-bond acceptors (Lipinski definition) is 0. The van der Waals surface area contributed by atoms with Gasteiger partial charge in [0.2, 0.25) is 0 Å². The Hall–Kier alpha value is -0.892. The van der Waals surface area contributed by atoms with E-state index in [-0.39, 0.29) is 36.9 Å². The second-order valence-electron chi connectivity index (χ2n) is 11.1. The molecular formula is C40H66P2Pt+2. The van der Waals surface area contributed by atoms with Crippen LogP contribution in [0.25, 0.3) is 0 Å². The molecular weight excluding hydrogens is 737 g/mol. The van der Waals surface area contributed by atoms with E-state index in [4.69, 9.17) is 12.8 Å². The Bertz CT molecular complexity index is 742. The molecule has 2 aromatic carbocycles. The van der Waals surface area contributed by atoms with Crippen LogP contribution in [-0.2, 0) is 21.1 Å². The molecule has 0 bridgehead atoms. The van der Waals surface area contributed by atoms with Crippen LogP contribution in [-0.4, -0.2) is 37.0 Å². The maximum atomic E-state index is 6.69. The van der Waals surface area contributed by atoms with Crippen molar-refractivity contribution in [2.45, 2.75) is 119 Å². The monoisotopic (exact) mass is 803 g/mol. The Morgan fingerprint density at radius 1 is 0.419 bits per heavy atom. The minimum Gasteiger partial charge on any atom is -0.0652 e. The molecule has 0 amide bonds. The van der Waals surface area contributed by atoms with Gasteiger partial charge in [-0.2, -0.15) is 0 Å². The van der Waals surface area contributed by atoms with E-state index in [1.807, 2.05) is 60.7 Å². The predicted octanol–water partition coefficient (Wildman–Crippen LogP) is 12.4. The van der Waals surface area contributed by atoms with Crippen molar-refractivity contribution >= 4 is 15.8 Å². The van der Waals surface area contributed by atoms with Crippen molar-refractivity contribution in [3.8, 4) is 11.8 Å². The zero-order valence-electron chi connectivity index (χ0n) is 28.8. The second kappa shape index (κ2) is 39.1. The van der Waals surface area contributed by atoms with Crippen LogP contribution in [0.2, 0.25) is 0 Å². The third kappa shape index (κ3) is 33.8. The van der Waals surface area contributed by atoms with Gasteiger partial charge in [-0.25, -0.2) is 0 Å². The van der Waals surface area contributed by atoms with Crippen molar-refractivity contribution in [1.29, 1.82) is 0 Å². The van der Waals surface area contributed by atoms with Crippen molar-refractivity contribution in [1.82, 2.24) is 0 Å². The van der Waals surface area contributed by atoms with Gasteiger partial charge in [-0.15, -0.1) is 0 Å². The zero-order valence-corrected chi connectivity index (χ0v) is 33.1. The van der Waals surface area contributed by atoms with Crippen LogP contribution < -0.4 is 0 Å². The standard InChI is InChI=1S/2C12H27P.2C8H5.Pt/c2*1-4-7-10-13(11-8-5-2)12-9-6-3;2*1-2-8-6-4-3-5-7-8;/h2*4-12H2,1-3H3;2*3-7H;/p+2. The van der Waals surface area contributed by atoms with E-state index in [1.165, 1.54) is 77.0 Å². The maximum Gasteiger partial charge on any atom is 0.0571 e. The van der Waals surface area contributed by atoms with Gasteiger partial charge in [-0.3, -0.25) is 0 Å². The number of unbranched alkanes of at least 4 members (excludes halogenated alkanes) is 6. The molecule has 0 nitrogen and oxygen atoms in total. The van der Waals surface area contributed by atoms with E-state index < -0.39 is 0 Å². The Kier molecular flexibility index (Phi) is 42.3. The molecule has 244 valence electrons. The molecule has 43 heavy (non-hydrogen) atoms. The quantitative estimate of drug-likeness (QED) is 0.104. The molecule has 0 heterocycles. The molecule has 2 rings (SSSR count). The summed E-state index contributed by atoms with van der Waals surface area (Å²) in [5.41, 5.74) is 1.65. The smallest absolute Gasteiger partial charge is 0.0571 e. The molecule has 0 aromatic heterocycles. The molecule has 0 aliphatic heterocycles. The molecule has 0 aliphatic carbocycles. The summed E-state index contributed by atoms with van der Waals surface area (Å²) < 4.78 is 0. The van der Waals surface area contributed by atoms with Gasteiger partial charge >= 0.3 is 0 Å². The summed E-state index contributed by atoms with van der Waals surface area (Å²) in [6.45, 7) is 13.9. The van der Waals surface area contributed by atoms with Crippen LogP contribution in [0.3, 0.4) is 0 Å². The Morgan fingerprint density at radius 2 is 0.628 bits per heavy atom. The average molecular weight is 804 g/mol. The van der Waals surface area contributed by atoms with Gasteiger partial charge in [0.05, 0.1) is 37.0 Å². The molecule has 0 unspecified atom stereocenters. The van der Waals surface area contributed by atoms with Crippen molar-refractivity contribution in [2.24, 2.45) is 0 Å². The molecule has 3 heteroatoms. The molecule has 0 saturated heterocycles. The summed E-state index contributed by atoms with van der Waals surface area (Å²) in [5.74, 6) is 4.55. The largest absolute Gasteiger partial charge is 0.0652 e. The fourth-order valence-corrected chi connectivity index (χ4v) is 11.0. The summed E-state index contributed by atoms with van der Waals surface area (Å²) in [6, 6.07) is 18.7. The molecule has 2 radical (unpaired) electrons. The van der Waals surface area contributed by atoms with Gasteiger partial charge in [0, 0.05) is 48.0 Å².